The second kappa shape index (κ2) is 9.92. The van der Waals surface area contributed by atoms with Gasteiger partial charge in [-0.1, -0.05) is 70.0 Å². The van der Waals surface area contributed by atoms with Crippen LogP contribution in [0.2, 0.25) is 5.02 Å². The lowest BCUT2D eigenvalue weighted by Gasteiger charge is -2.38. The van der Waals surface area contributed by atoms with Crippen molar-refractivity contribution in [1.82, 2.24) is 5.01 Å². The second-order valence-electron chi connectivity index (χ2n) is 8.77. The summed E-state index contributed by atoms with van der Waals surface area (Å²) in [5, 5.41) is 7.83. The van der Waals surface area contributed by atoms with E-state index >= 15 is 0 Å². The van der Waals surface area contributed by atoms with E-state index in [1.807, 2.05) is 60.7 Å². The fourth-order valence-electron chi connectivity index (χ4n) is 4.62. The molecule has 2 atom stereocenters. The lowest BCUT2D eigenvalue weighted by Crippen LogP contribution is -2.33. The fourth-order valence-corrected chi connectivity index (χ4v) is 6.10. The van der Waals surface area contributed by atoms with Gasteiger partial charge in [0, 0.05) is 27.0 Å². The van der Waals surface area contributed by atoms with Crippen molar-refractivity contribution in [2.45, 2.75) is 25.3 Å². The molecule has 0 bridgehead atoms. The van der Waals surface area contributed by atoms with Gasteiger partial charge in [0.25, 0.3) is 0 Å². The molecule has 0 saturated heterocycles. The first kappa shape index (κ1) is 23.6. The molecule has 0 spiro atoms. The molecule has 4 aromatic rings. The molecular weight excluding hydrogens is 604 g/mol. The SMILES string of the molecule is Clc1ccc(C2=NN3[C@H](C2)c2cc(Br)cc(Br)c2O[C@H]3c2ccc(OCc3ccccc3)cc2)cc1. The molecule has 6 rings (SSSR count). The van der Waals surface area contributed by atoms with Gasteiger partial charge in [0.2, 0.25) is 6.23 Å². The Morgan fingerprint density at radius 3 is 2.44 bits per heavy atom. The number of benzene rings is 4. The van der Waals surface area contributed by atoms with Crippen LogP contribution in [0.4, 0.5) is 0 Å². The lowest BCUT2D eigenvalue weighted by atomic mass is 9.96. The van der Waals surface area contributed by atoms with Crippen LogP contribution in [0.15, 0.2) is 105 Å². The molecule has 0 N–H and O–H groups in total. The highest BCUT2D eigenvalue weighted by Gasteiger charge is 2.42. The molecule has 0 fully saturated rings. The molecule has 0 radical (unpaired) electrons. The van der Waals surface area contributed by atoms with E-state index in [0.717, 1.165) is 54.8 Å². The normalized spacial score (nSPS) is 18.2. The Morgan fingerprint density at radius 2 is 1.69 bits per heavy atom. The average molecular weight is 625 g/mol. The van der Waals surface area contributed by atoms with Gasteiger partial charge in [-0.2, -0.15) is 5.10 Å². The van der Waals surface area contributed by atoms with Crippen LogP contribution >= 0.6 is 43.5 Å². The van der Waals surface area contributed by atoms with Gasteiger partial charge in [0.05, 0.1) is 16.2 Å². The predicted molar refractivity (Wildman–Crippen MR) is 150 cm³/mol. The predicted octanol–water partition coefficient (Wildman–Crippen LogP) is 8.69. The van der Waals surface area contributed by atoms with Crippen LogP contribution < -0.4 is 9.47 Å². The van der Waals surface area contributed by atoms with Crippen LogP contribution in [0.25, 0.3) is 0 Å². The number of fused-ring (bicyclic) bond motifs is 3. The summed E-state index contributed by atoms with van der Waals surface area (Å²) in [5.74, 6) is 1.66. The minimum absolute atomic E-state index is 0.0484. The standard InChI is InChI=1S/C29H21Br2ClN2O2/c30-21-14-24-27-16-26(19-6-10-22(32)11-7-19)33-34(27)29(36-28(24)25(31)15-21)20-8-12-23(13-9-20)35-17-18-4-2-1-3-5-18/h1-15,27,29H,16-17H2/t27-,29+/m1/s1. The summed E-state index contributed by atoms with van der Waals surface area (Å²) < 4.78 is 14.5. The van der Waals surface area contributed by atoms with Crippen LogP contribution in [0.1, 0.15) is 40.9 Å². The zero-order chi connectivity index (χ0) is 24.6. The van der Waals surface area contributed by atoms with Crippen molar-refractivity contribution in [2.75, 3.05) is 0 Å². The zero-order valence-corrected chi connectivity index (χ0v) is 23.0. The van der Waals surface area contributed by atoms with E-state index in [-0.39, 0.29) is 12.3 Å². The number of halogens is 3. The largest absolute Gasteiger partial charge is 0.489 e. The van der Waals surface area contributed by atoms with Gasteiger partial charge in [-0.25, -0.2) is 5.01 Å². The van der Waals surface area contributed by atoms with E-state index in [1.165, 1.54) is 0 Å². The Labute approximate surface area is 231 Å². The first-order chi connectivity index (χ1) is 17.5. The molecule has 0 aliphatic carbocycles. The summed E-state index contributed by atoms with van der Waals surface area (Å²) in [6, 6.07) is 30.3. The third-order valence-corrected chi connectivity index (χ3v) is 7.70. The van der Waals surface area contributed by atoms with Crippen LogP contribution in [0, 0.1) is 0 Å². The van der Waals surface area contributed by atoms with E-state index in [4.69, 9.17) is 26.2 Å². The molecule has 180 valence electrons. The van der Waals surface area contributed by atoms with Crippen molar-refractivity contribution in [2.24, 2.45) is 5.10 Å². The minimum Gasteiger partial charge on any atom is -0.489 e. The molecule has 2 aliphatic rings. The molecule has 4 nitrogen and oxygen atoms in total. The Balaban J connectivity index is 1.32. The van der Waals surface area contributed by atoms with Crippen molar-refractivity contribution in [3.8, 4) is 11.5 Å². The summed E-state index contributed by atoms with van der Waals surface area (Å²) in [6.45, 7) is 0.526. The number of hydrazone groups is 1. The van der Waals surface area contributed by atoms with Gasteiger partial charge in [0.15, 0.2) is 0 Å². The fraction of sp³-hybridized carbons (Fsp3) is 0.138. The first-order valence-corrected chi connectivity index (χ1v) is 13.6. The van der Waals surface area contributed by atoms with E-state index < -0.39 is 0 Å². The summed E-state index contributed by atoms with van der Waals surface area (Å²) in [7, 11) is 0. The van der Waals surface area contributed by atoms with Crippen molar-refractivity contribution in [3.63, 3.8) is 0 Å². The number of nitrogens with zero attached hydrogens (tertiary/aromatic N) is 2. The highest BCUT2D eigenvalue weighted by Crippen LogP contribution is 2.51. The maximum atomic E-state index is 6.58. The molecule has 4 aromatic carbocycles. The van der Waals surface area contributed by atoms with Crippen LogP contribution in [-0.4, -0.2) is 10.7 Å². The summed E-state index contributed by atoms with van der Waals surface area (Å²) in [4.78, 5) is 0. The third kappa shape index (κ3) is 4.65. The Hall–Kier alpha value is -2.80. The maximum absolute atomic E-state index is 6.58. The summed E-state index contributed by atoms with van der Waals surface area (Å²) in [5.41, 5.74) is 5.32. The van der Waals surface area contributed by atoms with Gasteiger partial charge < -0.3 is 9.47 Å². The molecule has 2 aliphatic heterocycles. The maximum Gasteiger partial charge on any atom is 0.213 e. The van der Waals surface area contributed by atoms with E-state index in [9.17, 15) is 0 Å². The Kier molecular flexibility index (Phi) is 6.50. The molecule has 0 unspecified atom stereocenters. The van der Waals surface area contributed by atoms with Crippen molar-refractivity contribution < 1.29 is 9.47 Å². The van der Waals surface area contributed by atoms with Crippen LogP contribution in [-0.2, 0) is 6.61 Å². The number of hydrogen-bond donors (Lipinski definition) is 0. The third-order valence-electron chi connectivity index (χ3n) is 6.40. The Bertz CT molecular complexity index is 1430. The quantitative estimate of drug-likeness (QED) is 0.223. The van der Waals surface area contributed by atoms with E-state index in [1.54, 1.807) is 0 Å². The van der Waals surface area contributed by atoms with E-state index in [0.29, 0.717) is 11.6 Å². The molecule has 0 aromatic heterocycles. The van der Waals surface area contributed by atoms with Gasteiger partial charge >= 0.3 is 0 Å². The summed E-state index contributed by atoms with van der Waals surface area (Å²) in [6.07, 6.45) is 0.406. The highest BCUT2D eigenvalue weighted by atomic mass is 79.9. The molecule has 36 heavy (non-hydrogen) atoms. The highest BCUT2D eigenvalue weighted by molar-refractivity contribution is 9.11. The molecule has 7 heteroatoms. The Morgan fingerprint density at radius 1 is 0.944 bits per heavy atom. The van der Waals surface area contributed by atoms with Crippen LogP contribution in [0.3, 0.4) is 0 Å². The monoisotopic (exact) mass is 622 g/mol. The van der Waals surface area contributed by atoms with Gasteiger partial charge in [-0.15, -0.1) is 0 Å². The zero-order valence-electron chi connectivity index (χ0n) is 19.1. The molecule has 0 amide bonds. The van der Waals surface area contributed by atoms with Gasteiger partial charge in [-0.3, -0.25) is 0 Å². The topological polar surface area (TPSA) is 34.1 Å². The first-order valence-electron chi connectivity index (χ1n) is 11.6. The smallest absolute Gasteiger partial charge is 0.213 e. The second-order valence-corrected chi connectivity index (χ2v) is 11.0. The van der Waals surface area contributed by atoms with E-state index in [2.05, 4.69) is 67.2 Å². The van der Waals surface area contributed by atoms with Gasteiger partial charge in [-0.05, 0) is 75.6 Å². The van der Waals surface area contributed by atoms with Crippen molar-refractivity contribution >= 4 is 49.2 Å². The molecule has 2 heterocycles. The van der Waals surface area contributed by atoms with Gasteiger partial charge in [0.1, 0.15) is 18.1 Å². The van der Waals surface area contributed by atoms with Crippen LogP contribution in [0.5, 0.6) is 11.5 Å². The molecule has 0 saturated carbocycles. The average Bonchev–Trinajstić information content (AvgIpc) is 3.34. The number of ether oxygens (including phenoxy) is 2. The molecular formula is C29H21Br2ClN2O2. The number of rotatable bonds is 5. The van der Waals surface area contributed by atoms with Crippen molar-refractivity contribution in [1.29, 1.82) is 0 Å². The minimum atomic E-state index is -0.368. The number of hydrogen-bond acceptors (Lipinski definition) is 4. The summed E-state index contributed by atoms with van der Waals surface area (Å²) >= 11 is 13.5. The van der Waals surface area contributed by atoms with Crippen molar-refractivity contribution in [3.05, 3.63) is 127 Å². The lowest BCUT2D eigenvalue weighted by molar-refractivity contribution is -0.0197.